The first-order chi connectivity index (χ1) is 13.5. The van der Waals surface area contributed by atoms with Crippen LogP contribution in [0.5, 0.6) is 5.75 Å². The number of rotatable bonds is 6. The zero-order chi connectivity index (χ0) is 19.9. The van der Waals surface area contributed by atoms with Crippen molar-refractivity contribution >= 4 is 23.7 Å². The Balaban J connectivity index is 1.56. The van der Waals surface area contributed by atoms with E-state index < -0.39 is 23.1 Å². The number of carbonyl (C=O) groups excluding carboxylic acids is 1. The van der Waals surface area contributed by atoms with Crippen molar-refractivity contribution in [3.05, 3.63) is 100 Å². The van der Waals surface area contributed by atoms with Gasteiger partial charge in [-0.3, -0.25) is 4.79 Å². The molecule has 0 aromatic heterocycles. The summed E-state index contributed by atoms with van der Waals surface area (Å²) >= 11 is 6.08. The highest BCUT2D eigenvalue weighted by Crippen LogP contribution is 2.18. The largest absolute Gasteiger partial charge is 0.489 e. The maximum Gasteiger partial charge on any atom is 0.274 e. The standard InChI is InChI=1S/C21H15ClF2N2O2/c22-19-4-2-1-3-15(19)13-28-17-8-5-14(6-9-17)12-25-26-21(27)18-11-16(23)7-10-20(18)24/h1-12H,13H2,(H,26,27). The lowest BCUT2D eigenvalue weighted by Crippen LogP contribution is -2.19. The van der Waals surface area contributed by atoms with Gasteiger partial charge in [0.15, 0.2) is 0 Å². The fourth-order valence-corrected chi connectivity index (χ4v) is 2.51. The fourth-order valence-electron chi connectivity index (χ4n) is 2.32. The van der Waals surface area contributed by atoms with Crippen LogP contribution >= 0.6 is 11.6 Å². The molecule has 0 aliphatic carbocycles. The Labute approximate surface area is 165 Å². The number of hydrazone groups is 1. The molecule has 142 valence electrons. The van der Waals surface area contributed by atoms with Gasteiger partial charge in [0.2, 0.25) is 0 Å². The molecule has 28 heavy (non-hydrogen) atoms. The van der Waals surface area contributed by atoms with Crippen LogP contribution in [0.2, 0.25) is 5.02 Å². The van der Waals surface area contributed by atoms with E-state index in [1.807, 2.05) is 18.2 Å². The second-order valence-electron chi connectivity index (χ2n) is 5.77. The quantitative estimate of drug-likeness (QED) is 0.469. The van der Waals surface area contributed by atoms with Crippen LogP contribution in [-0.2, 0) is 6.61 Å². The summed E-state index contributed by atoms with van der Waals surface area (Å²) in [7, 11) is 0. The Hall–Kier alpha value is -3.25. The SMILES string of the molecule is O=C(NN=Cc1ccc(OCc2ccccc2Cl)cc1)c1cc(F)ccc1F. The summed E-state index contributed by atoms with van der Waals surface area (Å²) in [5.41, 5.74) is 3.31. The van der Waals surface area contributed by atoms with Crippen molar-refractivity contribution in [2.75, 3.05) is 0 Å². The predicted molar refractivity (Wildman–Crippen MR) is 104 cm³/mol. The predicted octanol–water partition coefficient (Wildman–Crippen LogP) is 4.96. The normalized spacial score (nSPS) is 10.8. The molecule has 0 saturated carbocycles. The van der Waals surface area contributed by atoms with Crippen molar-refractivity contribution in [2.24, 2.45) is 5.10 Å². The maximum absolute atomic E-state index is 13.5. The summed E-state index contributed by atoms with van der Waals surface area (Å²) in [4.78, 5) is 11.8. The smallest absolute Gasteiger partial charge is 0.274 e. The van der Waals surface area contributed by atoms with Crippen LogP contribution in [-0.4, -0.2) is 12.1 Å². The Morgan fingerprint density at radius 1 is 1.07 bits per heavy atom. The fraction of sp³-hybridized carbons (Fsp3) is 0.0476. The highest BCUT2D eigenvalue weighted by atomic mass is 35.5. The van der Waals surface area contributed by atoms with Crippen LogP contribution in [0.4, 0.5) is 8.78 Å². The average Bonchev–Trinajstić information content (AvgIpc) is 2.70. The molecule has 0 bridgehead atoms. The monoisotopic (exact) mass is 400 g/mol. The van der Waals surface area contributed by atoms with Crippen LogP contribution in [0.1, 0.15) is 21.5 Å². The van der Waals surface area contributed by atoms with E-state index in [2.05, 4.69) is 10.5 Å². The van der Waals surface area contributed by atoms with Crippen molar-refractivity contribution in [2.45, 2.75) is 6.61 Å². The van der Waals surface area contributed by atoms with Gasteiger partial charge < -0.3 is 4.74 Å². The summed E-state index contributed by atoms with van der Waals surface area (Å²) in [5.74, 6) is -1.73. The molecule has 3 aromatic rings. The molecule has 0 atom stereocenters. The number of benzene rings is 3. The number of hydrogen-bond acceptors (Lipinski definition) is 3. The van der Waals surface area contributed by atoms with Gasteiger partial charge in [-0.05, 0) is 54.1 Å². The minimum Gasteiger partial charge on any atom is -0.489 e. The van der Waals surface area contributed by atoms with Gasteiger partial charge in [-0.2, -0.15) is 5.10 Å². The van der Waals surface area contributed by atoms with Gasteiger partial charge in [-0.15, -0.1) is 0 Å². The Morgan fingerprint density at radius 3 is 2.57 bits per heavy atom. The van der Waals surface area contributed by atoms with Crippen molar-refractivity contribution in [1.82, 2.24) is 5.43 Å². The minimum absolute atomic E-state index is 0.336. The first-order valence-corrected chi connectivity index (χ1v) is 8.65. The Bertz CT molecular complexity index is 1010. The lowest BCUT2D eigenvalue weighted by atomic mass is 10.2. The van der Waals surface area contributed by atoms with Crippen LogP contribution in [0.3, 0.4) is 0 Å². The molecule has 1 N–H and O–H groups in total. The summed E-state index contributed by atoms with van der Waals surface area (Å²) in [6.07, 6.45) is 1.38. The van der Waals surface area contributed by atoms with Gasteiger partial charge in [0.25, 0.3) is 5.91 Å². The molecule has 0 saturated heterocycles. The van der Waals surface area contributed by atoms with E-state index in [4.69, 9.17) is 16.3 Å². The molecule has 0 unspecified atom stereocenters. The van der Waals surface area contributed by atoms with Gasteiger partial charge in [-0.1, -0.05) is 29.8 Å². The number of ether oxygens (including phenoxy) is 1. The van der Waals surface area contributed by atoms with Crippen molar-refractivity contribution in [3.63, 3.8) is 0 Å². The third-order valence-corrected chi connectivity index (χ3v) is 4.15. The molecule has 0 heterocycles. The molecule has 0 radical (unpaired) electrons. The number of nitrogens with one attached hydrogen (secondary N) is 1. The lowest BCUT2D eigenvalue weighted by molar-refractivity contribution is 0.0950. The van der Waals surface area contributed by atoms with Gasteiger partial charge in [0.1, 0.15) is 24.0 Å². The molecule has 0 aliphatic heterocycles. The molecule has 1 amide bonds. The molecule has 0 fully saturated rings. The Kier molecular flexibility index (Phi) is 6.34. The summed E-state index contributed by atoms with van der Waals surface area (Å²) in [5, 5.41) is 4.39. The topological polar surface area (TPSA) is 50.7 Å². The second kappa shape index (κ2) is 9.10. The summed E-state index contributed by atoms with van der Waals surface area (Å²) < 4.78 is 32.3. The van der Waals surface area contributed by atoms with E-state index in [0.29, 0.717) is 22.9 Å². The van der Waals surface area contributed by atoms with Crippen LogP contribution in [0.25, 0.3) is 0 Å². The zero-order valence-corrected chi connectivity index (χ0v) is 15.3. The first-order valence-electron chi connectivity index (χ1n) is 8.27. The van der Waals surface area contributed by atoms with E-state index >= 15 is 0 Å². The van der Waals surface area contributed by atoms with Gasteiger partial charge in [-0.25, -0.2) is 14.2 Å². The van der Waals surface area contributed by atoms with Gasteiger partial charge >= 0.3 is 0 Å². The highest BCUT2D eigenvalue weighted by molar-refractivity contribution is 6.31. The van der Waals surface area contributed by atoms with E-state index in [9.17, 15) is 13.6 Å². The third kappa shape index (κ3) is 5.14. The molecule has 4 nitrogen and oxygen atoms in total. The van der Waals surface area contributed by atoms with Gasteiger partial charge in [0.05, 0.1) is 11.8 Å². The molecule has 3 aromatic carbocycles. The molecule has 0 spiro atoms. The Morgan fingerprint density at radius 2 is 1.82 bits per heavy atom. The molecule has 3 rings (SSSR count). The zero-order valence-electron chi connectivity index (χ0n) is 14.5. The van der Waals surface area contributed by atoms with Crippen LogP contribution < -0.4 is 10.2 Å². The van der Waals surface area contributed by atoms with Crippen molar-refractivity contribution < 1.29 is 18.3 Å². The van der Waals surface area contributed by atoms with E-state index in [1.165, 1.54) is 6.21 Å². The summed E-state index contributed by atoms with van der Waals surface area (Å²) in [6, 6.07) is 17.0. The summed E-state index contributed by atoms with van der Waals surface area (Å²) in [6.45, 7) is 0.336. The number of nitrogens with zero attached hydrogens (tertiary/aromatic N) is 1. The molecular formula is C21H15ClF2N2O2. The number of hydrogen-bond donors (Lipinski definition) is 1. The second-order valence-corrected chi connectivity index (χ2v) is 6.18. The van der Waals surface area contributed by atoms with Gasteiger partial charge in [0, 0.05) is 10.6 Å². The molecule has 0 aliphatic rings. The maximum atomic E-state index is 13.5. The van der Waals surface area contributed by atoms with Crippen LogP contribution in [0, 0.1) is 11.6 Å². The number of carbonyl (C=O) groups is 1. The van der Waals surface area contributed by atoms with Crippen molar-refractivity contribution in [3.8, 4) is 5.75 Å². The molecular weight excluding hydrogens is 386 g/mol. The van der Waals surface area contributed by atoms with Crippen LogP contribution in [0.15, 0.2) is 71.8 Å². The van der Waals surface area contributed by atoms with Crippen molar-refractivity contribution in [1.29, 1.82) is 0 Å². The highest BCUT2D eigenvalue weighted by Gasteiger charge is 2.11. The van der Waals surface area contributed by atoms with E-state index in [0.717, 1.165) is 23.8 Å². The van der Waals surface area contributed by atoms with E-state index in [1.54, 1.807) is 30.3 Å². The number of halogens is 3. The minimum atomic E-state index is -0.840. The van der Waals surface area contributed by atoms with E-state index in [-0.39, 0.29) is 0 Å². The third-order valence-electron chi connectivity index (χ3n) is 3.79. The number of amides is 1. The average molecular weight is 401 g/mol. The molecule has 7 heteroatoms. The lowest BCUT2D eigenvalue weighted by Gasteiger charge is -2.07. The first kappa shape index (κ1) is 19.5.